The molecule has 32 heavy (non-hydrogen) atoms. The van der Waals surface area contributed by atoms with E-state index in [-0.39, 0.29) is 17.4 Å². The van der Waals surface area contributed by atoms with Gasteiger partial charge in [-0.25, -0.2) is 4.79 Å². The van der Waals surface area contributed by atoms with Gasteiger partial charge in [0.25, 0.3) is 5.91 Å². The Bertz CT molecular complexity index is 977. The summed E-state index contributed by atoms with van der Waals surface area (Å²) in [5, 5.41) is 0. The van der Waals surface area contributed by atoms with Crippen molar-refractivity contribution in [1.82, 2.24) is 9.80 Å². The molecule has 174 valence electrons. The number of hydrogen-bond donors (Lipinski definition) is 0. The topological polar surface area (TPSA) is 59.1 Å². The number of piperazine rings is 1. The number of nitrogens with zero attached hydrogens (tertiary/aromatic N) is 2. The highest BCUT2D eigenvalue weighted by atomic mass is 32.1. The molecular weight excluding hydrogens is 424 g/mol. The van der Waals surface area contributed by atoms with Crippen LogP contribution in [0.15, 0.2) is 30.3 Å². The average Bonchev–Trinajstić information content (AvgIpc) is 3.21. The maximum absolute atomic E-state index is 13.1. The molecule has 0 unspecified atom stereocenters. The summed E-state index contributed by atoms with van der Waals surface area (Å²) in [5.41, 5.74) is 1.70. The van der Waals surface area contributed by atoms with Gasteiger partial charge in [0, 0.05) is 36.6 Å². The SMILES string of the molecule is COc1cc(C(C)(C)C)ccc1-c1ccc(C(=O)N2CCN(C(=O)OC(C)(C)C)CC2)s1. The lowest BCUT2D eigenvalue weighted by atomic mass is 9.86. The molecule has 0 aliphatic carbocycles. The van der Waals surface area contributed by atoms with Crippen molar-refractivity contribution in [2.75, 3.05) is 33.3 Å². The molecule has 0 spiro atoms. The third kappa shape index (κ3) is 5.63. The van der Waals surface area contributed by atoms with Crippen molar-refractivity contribution in [3.8, 4) is 16.2 Å². The molecule has 2 amide bonds. The second-order valence-corrected chi connectivity index (χ2v) is 11.2. The zero-order valence-electron chi connectivity index (χ0n) is 20.2. The van der Waals surface area contributed by atoms with E-state index in [9.17, 15) is 9.59 Å². The lowest BCUT2D eigenvalue weighted by Crippen LogP contribution is -2.51. The van der Waals surface area contributed by atoms with Gasteiger partial charge in [-0.3, -0.25) is 4.79 Å². The summed E-state index contributed by atoms with van der Waals surface area (Å²) >= 11 is 1.47. The average molecular weight is 459 g/mol. The molecule has 6 nitrogen and oxygen atoms in total. The predicted octanol–water partition coefficient (Wildman–Crippen LogP) is 5.41. The summed E-state index contributed by atoms with van der Waals surface area (Å²) in [6.45, 7) is 14.0. The van der Waals surface area contributed by atoms with E-state index in [0.29, 0.717) is 31.1 Å². The molecular formula is C25H34N2O4S. The van der Waals surface area contributed by atoms with Gasteiger partial charge < -0.3 is 19.3 Å². The van der Waals surface area contributed by atoms with Crippen molar-refractivity contribution in [3.63, 3.8) is 0 Å². The Labute approximate surface area is 195 Å². The number of benzene rings is 1. The quantitative estimate of drug-likeness (QED) is 0.617. The van der Waals surface area contributed by atoms with E-state index < -0.39 is 5.60 Å². The van der Waals surface area contributed by atoms with E-state index in [1.807, 2.05) is 32.9 Å². The van der Waals surface area contributed by atoms with Crippen molar-refractivity contribution < 1.29 is 19.1 Å². The number of thiophene rings is 1. The Balaban J connectivity index is 1.69. The number of carbonyl (C=O) groups is 2. The molecule has 3 rings (SSSR count). The number of carbonyl (C=O) groups excluding carboxylic acids is 2. The molecule has 1 aliphatic heterocycles. The number of rotatable bonds is 3. The van der Waals surface area contributed by atoms with Crippen LogP contribution < -0.4 is 4.74 Å². The second kappa shape index (κ2) is 9.14. The van der Waals surface area contributed by atoms with Crippen molar-refractivity contribution in [2.24, 2.45) is 0 Å². The van der Waals surface area contributed by atoms with Crippen LogP contribution in [0, 0.1) is 0 Å². The van der Waals surface area contributed by atoms with Gasteiger partial charge in [0.05, 0.1) is 12.0 Å². The smallest absolute Gasteiger partial charge is 0.410 e. The van der Waals surface area contributed by atoms with Crippen LogP contribution in [0.4, 0.5) is 4.79 Å². The fraction of sp³-hybridized carbons (Fsp3) is 0.520. The first kappa shape index (κ1) is 24.1. The maximum atomic E-state index is 13.1. The molecule has 2 aromatic rings. The minimum Gasteiger partial charge on any atom is -0.496 e. The molecule has 0 atom stereocenters. The number of methoxy groups -OCH3 is 1. The van der Waals surface area contributed by atoms with Crippen molar-refractivity contribution in [3.05, 3.63) is 40.8 Å². The van der Waals surface area contributed by atoms with Crippen LogP contribution in [0.3, 0.4) is 0 Å². The summed E-state index contributed by atoms with van der Waals surface area (Å²) in [7, 11) is 1.68. The van der Waals surface area contributed by atoms with Gasteiger partial charge >= 0.3 is 6.09 Å². The third-order valence-electron chi connectivity index (χ3n) is 5.37. The van der Waals surface area contributed by atoms with Crippen molar-refractivity contribution in [2.45, 2.75) is 52.6 Å². The van der Waals surface area contributed by atoms with E-state index >= 15 is 0 Å². The number of hydrogen-bond acceptors (Lipinski definition) is 5. The molecule has 1 saturated heterocycles. The molecule has 0 N–H and O–H groups in total. The second-order valence-electron chi connectivity index (χ2n) is 10.1. The summed E-state index contributed by atoms with van der Waals surface area (Å²) in [4.78, 5) is 30.5. The minimum absolute atomic E-state index is 0.00429. The van der Waals surface area contributed by atoms with Crippen LogP contribution in [0.25, 0.3) is 10.4 Å². The molecule has 2 heterocycles. The molecule has 0 bridgehead atoms. The first-order valence-corrected chi connectivity index (χ1v) is 11.8. The Morgan fingerprint density at radius 3 is 2.09 bits per heavy atom. The standard InChI is InChI=1S/C25H34N2O4S/c1-24(2,3)17-8-9-18(19(16-17)30-7)20-10-11-21(32-20)22(28)26-12-14-27(15-13-26)23(29)31-25(4,5)6/h8-11,16H,12-15H2,1-7H3. The normalized spacial score (nSPS) is 15.0. The highest BCUT2D eigenvalue weighted by Crippen LogP contribution is 2.38. The van der Waals surface area contributed by atoms with Crippen LogP contribution in [0.2, 0.25) is 0 Å². The number of amides is 2. The summed E-state index contributed by atoms with van der Waals surface area (Å²) < 4.78 is 11.1. The van der Waals surface area contributed by atoms with Crippen LogP contribution in [0.1, 0.15) is 56.8 Å². The Morgan fingerprint density at radius 1 is 0.906 bits per heavy atom. The monoisotopic (exact) mass is 458 g/mol. The van der Waals surface area contributed by atoms with Crippen molar-refractivity contribution >= 4 is 23.3 Å². The van der Waals surface area contributed by atoms with E-state index in [1.165, 1.54) is 16.9 Å². The third-order valence-corrected chi connectivity index (χ3v) is 6.47. The molecule has 1 aliphatic rings. The lowest BCUT2D eigenvalue weighted by molar-refractivity contribution is 0.0141. The first-order chi connectivity index (χ1) is 14.9. The first-order valence-electron chi connectivity index (χ1n) is 10.9. The Hall–Kier alpha value is -2.54. The van der Waals surface area contributed by atoms with Crippen LogP contribution in [0.5, 0.6) is 5.75 Å². The van der Waals surface area contributed by atoms with E-state index in [1.54, 1.807) is 16.9 Å². The van der Waals surface area contributed by atoms with Gasteiger partial charge in [0.15, 0.2) is 0 Å². The van der Waals surface area contributed by atoms with Gasteiger partial charge in [0.2, 0.25) is 0 Å². The van der Waals surface area contributed by atoms with Gasteiger partial charge in [0.1, 0.15) is 11.4 Å². The Kier molecular flexibility index (Phi) is 6.89. The van der Waals surface area contributed by atoms with Gasteiger partial charge in [-0.2, -0.15) is 0 Å². The van der Waals surface area contributed by atoms with Gasteiger partial charge in [-0.15, -0.1) is 11.3 Å². The van der Waals surface area contributed by atoms with Crippen LogP contribution in [-0.4, -0.2) is 60.7 Å². The molecule has 1 fully saturated rings. The van der Waals surface area contributed by atoms with Crippen molar-refractivity contribution in [1.29, 1.82) is 0 Å². The predicted molar refractivity (Wildman–Crippen MR) is 129 cm³/mol. The highest BCUT2D eigenvalue weighted by molar-refractivity contribution is 7.17. The fourth-order valence-corrected chi connectivity index (χ4v) is 4.54. The summed E-state index contributed by atoms with van der Waals surface area (Å²) in [6.07, 6.45) is -0.325. The van der Waals surface area contributed by atoms with E-state index in [0.717, 1.165) is 16.2 Å². The largest absolute Gasteiger partial charge is 0.496 e. The van der Waals surface area contributed by atoms with Gasteiger partial charge in [-0.1, -0.05) is 26.8 Å². The molecule has 1 aromatic heterocycles. The summed E-state index contributed by atoms with van der Waals surface area (Å²) in [5.74, 6) is 0.805. The molecule has 0 radical (unpaired) electrons. The van der Waals surface area contributed by atoms with Crippen LogP contribution >= 0.6 is 11.3 Å². The minimum atomic E-state index is -0.524. The van der Waals surface area contributed by atoms with Gasteiger partial charge in [-0.05, 0) is 56.0 Å². The number of ether oxygens (including phenoxy) is 2. The highest BCUT2D eigenvalue weighted by Gasteiger charge is 2.29. The molecule has 1 aromatic carbocycles. The Morgan fingerprint density at radius 2 is 1.53 bits per heavy atom. The fourth-order valence-electron chi connectivity index (χ4n) is 3.53. The zero-order valence-corrected chi connectivity index (χ0v) is 21.0. The maximum Gasteiger partial charge on any atom is 0.410 e. The lowest BCUT2D eigenvalue weighted by Gasteiger charge is -2.35. The molecule has 0 saturated carbocycles. The summed E-state index contributed by atoms with van der Waals surface area (Å²) in [6, 6.07) is 10.1. The van der Waals surface area contributed by atoms with E-state index in [4.69, 9.17) is 9.47 Å². The van der Waals surface area contributed by atoms with Crippen LogP contribution in [-0.2, 0) is 10.2 Å². The zero-order chi connectivity index (χ0) is 23.7. The molecule has 7 heteroatoms. The van der Waals surface area contributed by atoms with E-state index in [2.05, 4.69) is 39.0 Å².